The van der Waals surface area contributed by atoms with Crippen molar-refractivity contribution in [3.05, 3.63) is 0 Å². The number of aliphatic hydroxyl groups is 6. The highest BCUT2D eigenvalue weighted by molar-refractivity contribution is 4.93. The largest absolute Gasteiger partial charge is 0.361 e. The molecule has 0 spiro atoms. The van der Waals surface area contributed by atoms with E-state index >= 15 is 0 Å². The van der Waals surface area contributed by atoms with Crippen LogP contribution in [0, 0.1) is 0 Å². The summed E-state index contributed by atoms with van der Waals surface area (Å²) in [6.07, 6.45) is 11.7. The second-order valence-electron chi connectivity index (χ2n) is 7.40. The highest BCUT2D eigenvalue weighted by Crippen LogP contribution is 2.35. The third-order valence-electron chi connectivity index (χ3n) is 5.17. The molecule has 144 valence electrons. The minimum atomic E-state index is -3.38. The van der Waals surface area contributed by atoms with Gasteiger partial charge < -0.3 is 30.6 Å². The van der Waals surface area contributed by atoms with E-state index < -0.39 is 17.4 Å². The molecule has 0 heterocycles. The van der Waals surface area contributed by atoms with Crippen LogP contribution in [0.4, 0.5) is 0 Å². The molecule has 0 bridgehead atoms. The Morgan fingerprint density at radius 2 is 0.542 bits per heavy atom. The molecule has 6 N–H and O–H groups in total. The quantitative estimate of drug-likeness (QED) is 0.372. The zero-order valence-corrected chi connectivity index (χ0v) is 14.8. The Balaban J connectivity index is 2.63. The monoisotopic (exact) mass is 348 g/mol. The van der Waals surface area contributed by atoms with Gasteiger partial charge in [0.2, 0.25) is 11.6 Å². The number of hydrogen-bond acceptors (Lipinski definition) is 6. The summed E-state index contributed by atoms with van der Waals surface area (Å²) in [5, 5.41) is 59.8. The number of hydrogen-bond donors (Lipinski definition) is 6. The van der Waals surface area contributed by atoms with Crippen LogP contribution < -0.4 is 0 Å². The molecule has 0 aromatic carbocycles. The van der Waals surface area contributed by atoms with E-state index in [2.05, 4.69) is 0 Å². The standard InChI is InChI=1S/C18H36O6/c19-16(20)14-12-10-8-6-4-2-1-3-5-7-9-11-13-15-17(21,22)18(16,23)24/h19-24H,1-15H2. The molecule has 0 aliphatic heterocycles. The van der Waals surface area contributed by atoms with Crippen LogP contribution in [0.25, 0.3) is 0 Å². The predicted octanol–water partition coefficient (Wildman–Crippen LogP) is 1.89. The molecule has 0 aromatic rings. The molecular weight excluding hydrogens is 312 g/mol. The van der Waals surface area contributed by atoms with E-state index in [9.17, 15) is 30.6 Å². The minimum absolute atomic E-state index is 0.317. The molecule has 1 saturated carbocycles. The Kier molecular flexibility index (Phi) is 9.12. The van der Waals surface area contributed by atoms with Crippen molar-refractivity contribution < 1.29 is 30.6 Å². The Morgan fingerprint density at radius 3 is 0.792 bits per heavy atom. The van der Waals surface area contributed by atoms with Gasteiger partial charge >= 0.3 is 0 Å². The summed E-state index contributed by atoms with van der Waals surface area (Å²) in [7, 11) is 0. The molecule has 1 rings (SSSR count). The SMILES string of the molecule is OC1(O)CCCCCCCCCCCCCCCC(O)(O)C1(O)O. The molecule has 1 aliphatic rings. The van der Waals surface area contributed by atoms with Gasteiger partial charge in [-0.2, -0.15) is 0 Å². The molecular formula is C18H36O6. The third-order valence-corrected chi connectivity index (χ3v) is 5.17. The molecule has 0 unspecified atom stereocenters. The zero-order valence-electron chi connectivity index (χ0n) is 14.8. The third kappa shape index (κ3) is 6.58. The first-order valence-corrected chi connectivity index (χ1v) is 9.55. The fourth-order valence-corrected chi connectivity index (χ4v) is 3.36. The van der Waals surface area contributed by atoms with Gasteiger partial charge in [0.15, 0.2) is 0 Å². The smallest absolute Gasteiger partial charge is 0.274 e. The van der Waals surface area contributed by atoms with Crippen LogP contribution in [0.3, 0.4) is 0 Å². The second kappa shape index (κ2) is 10.0. The maximum absolute atomic E-state index is 9.98. The minimum Gasteiger partial charge on any atom is -0.361 e. The van der Waals surface area contributed by atoms with Crippen LogP contribution in [0.5, 0.6) is 0 Å². The fraction of sp³-hybridized carbons (Fsp3) is 1.00. The molecule has 1 aliphatic carbocycles. The van der Waals surface area contributed by atoms with E-state index in [-0.39, 0.29) is 12.8 Å². The molecule has 0 amide bonds. The van der Waals surface area contributed by atoms with Gasteiger partial charge in [0.25, 0.3) is 5.79 Å². The van der Waals surface area contributed by atoms with Gasteiger partial charge in [0.05, 0.1) is 0 Å². The van der Waals surface area contributed by atoms with Gasteiger partial charge in [0, 0.05) is 12.8 Å². The Hall–Kier alpha value is -0.240. The average molecular weight is 348 g/mol. The lowest BCUT2D eigenvalue weighted by Crippen LogP contribution is -2.68. The Labute approximate surface area is 145 Å². The van der Waals surface area contributed by atoms with E-state index in [4.69, 9.17) is 0 Å². The first kappa shape index (κ1) is 21.8. The first-order valence-electron chi connectivity index (χ1n) is 9.55. The summed E-state index contributed by atoms with van der Waals surface area (Å²) in [6, 6.07) is 0. The van der Waals surface area contributed by atoms with Crippen LogP contribution in [-0.4, -0.2) is 48.0 Å². The molecule has 0 atom stereocenters. The van der Waals surface area contributed by atoms with Crippen molar-refractivity contribution in [3.63, 3.8) is 0 Å². The van der Waals surface area contributed by atoms with E-state index in [1.807, 2.05) is 0 Å². The zero-order chi connectivity index (χ0) is 18.1. The van der Waals surface area contributed by atoms with Crippen molar-refractivity contribution in [2.24, 2.45) is 0 Å². The lowest BCUT2D eigenvalue weighted by atomic mass is 9.88. The summed E-state index contributed by atoms with van der Waals surface area (Å²) in [5.74, 6) is -9.30. The predicted molar refractivity (Wildman–Crippen MR) is 90.8 cm³/mol. The Morgan fingerprint density at radius 1 is 0.333 bits per heavy atom. The summed E-state index contributed by atoms with van der Waals surface area (Å²) >= 11 is 0. The summed E-state index contributed by atoms with van der Waals surface area (Å²) in [4.78, 5) is 0. The maximum Gasteiger partial charge on any atom is 0.274 e. The highest BCUT2D eigenvalue weighted by Gasteiger charge is 2.60. The highest BCUT2D eigenvalue weighted by atomic mass is 16.7. The molecule has 0 aromatic heterocycles. The molecule has 0 radical (unpaired) electrons. The Bertz CT molecular complexity index is 310. The van der Waals surface area contributed by atoms with E-state index in [0.717, 1.165) is 38.5 Å². The van der Waals surface area contributed by atoms with Crippen molar-refractivity contribution in [3.8, 4) is 0 Å². The van der Waals surface area contributed by atoms with Gasteiger partial charge in [-0.15, -0.1) is 0 Å². The number of rotatable bonds is 0. The molecule has 24 heavy (non-hydrogen) atoms. The van der Waals surface area contributed by atoms with Crippen LogP contribution in [0.1, 0.15) is 96.3 Å². The second-order valence-corrected chi connectivity index (χ2v) is 7.40. The van der Waals surface area contributed by atoms with Crippen molar-refractivity contribution >= 4 is 0 Å². The summed E-state index contributed by atoms with van der Waals surface area (Å²) < 4.78 is 0. The maximum atomic E-state index is 9.98. The summed E-state index contributed by atoms with van der Waals surface area (Å²) in [5.41, 5.74) is 0. The van der Waals surface area contributed by atoms with Crippen LogP contribution in [-0.2, 0) is 0 Å². The molecule has 6 nitrogen and oxygen atoms in total. The van der Waals surface area contributed by atoms with Gasteiger partial charge in [-0.25, -0.2) is 0 Å². The molecule has 0 saturated heterocycles. The van der Waals surface area contributed by atoms with Gasteiger partial charge in [-0.3, -0.25) is 0 Å². The van der Waals surface area contributed by atoms with Crippen LogP contribution >= 0.6 is 0 Å². The van der Waals surface area contributed by atoms with Crippen molar-refractivity contribution in [2.45, 2.75) is 114 Å². The lowest BCUT2D eigenvalue weighted by molar-refractivity contribution is -0.454. The fourth-order valence-electron chi connectivity index (χ4n) is 3.36. The van der Waals surface area contributed by atoms with Gasteiger partial charge in [0.1, 0.15) is 0 Å². The molecule has 1 fully saturated rings. The van der Waals surface area contributed by atoms with E-state index in [1.54, 1.807) is 0 Å². The van der Waals surface area contributed by atoms with Gasteiger partial charge in [-0.05, 0) is 12.8 Å². The molecule has 6 heteroatoms. The van der Waals surface area contributed by atoms with Crippen LogP contribution in [0.15, 0.2) is 0 Å². The van der Waals surface area contributed by atoms with Crippen LogP contribution in [0.2, 0.25) is 0 Å². The van der Waals surface area contributed by atoms with Crippen molar-refractivity contribution in [1.82, 2.24) is 0 Å². The van der Waals surface area contributed by atoms with Crippen molar-refractivity contribution in [1.29, 1.82) is 0 Å². The van der Waals surface area contributed by atoms with E-state index in [1.165, 1.54) is 32.1 Å². The van der Waals surface area contributed by atoms with Gasteiger partial charge in [-0.1, -0.05) is 70.6 Å². The van der Waals surface area contributed by atoms with Crippen molar-refractivity contribution in [2.75, 3.05) is 0 Å². The summed E-state index contributed by atoms with van der Waals surface area (Å²) in [6.45, 7) is 0. The normalized spacial score (nSPS) is 27.8. The van der Waals surface area contributed by atoms with E-state index in [0.29, 0.717) is 12.8 Å². The first-order chi connectivity index (χ1) is 11.2. The topological polar surface area (TPSA) is 121 Å². The average Bonchev–Trinajstić information content (AvgIpc) is 2.49. The lowest BCUT2D eigenvalue weighted by Gasteiger charge is -2.43.